The molecule has 1 aromatic heterocycles. The Morgan fingerprint density at radius 2 is 1.64 bits per heavy atom. The number of hydrazine groups is 1. The van der Waals surface area contributed by atoms with E-state index in [1.165, 1.54) is 11.8 Å². The van der Waals surface area contributed by atoms with Gasteiger partial charge in [0.05, 0.1) is 12.2 Å². The molecule has 8 nitrogen and oxygen atoms in total. The van der Waals surface area contributed by atoms with E-state index in [2.05, 4.69) is 65.5 Å². The number of rotatable bonds is 10. The quantitative estimate of drug-likeness (QED) is 0.248. The summed E-state index contributed by atoms with van der Waals surface area (Å²) in [5.41, 5.74) is 5.95. The van der Waals surface area contributed by atoms with Crippen LogP contribution in [0.4, 0.5) is 14.6 Å². The number of nitrogens with zero attached hydrogens (tertiary/aromatic N) is 5. The first-order valence-corrected chi connectivity index (χ1v) is 14.8. The molecule has 0 atom stereocenters. The molecule has 4 rings (SSSR count). The molecule has 11 heteroatoms. The summed E-state index contributed by atoms with van der Waals surface area (Å²) < 4.78 is 23.0. The summed E-state index contributed by atoms with van der Waals surface area (Å²) in [6.07, 6.45) is 6.29. The Balaban J connectivity index is 0.000000676. The van der Waals surface area contributed by atoms with Gasteiger partial charge < -0.3 is 0 Å². The van der Waals surface area contributed by atoms with Crippen molar-refractivity contribution in [2.24, 2.45) is 0 Å². The van der Waals surface area contributed by atoms with Gasteiger partial charge >= 0.3 is 5.92 Å². The maximum atomic E-state index is 13.2. The molecule has 1 N–H and O–H groups in total. The molecule has 1 fully saturated rings. The van der Waals surface area contributed by atoms with Crippen molar-refractivity contribution in [2.75, 3.05) is 12.1 Å². The summed E-state index contributed by atoms with van der Waals surface area (Å²) in [5, 5.41) is 11.3. The van der Waals surface area contributed by atoms with Crippen molar-refractivity contribution in [3.8, 4) is 6.07 Å². The second kappa shape index (κ2) is 15.2. The number of likely N-dealkylation sites (N-methyl/N-ethyl adjacent to an activating group) is 1. The van der Waals surface area contributed by atoms with Crippen molar-refractivity contribution in [3.05, 3.63) is 88.3 Å². The van der Waals surface area contributed by atoms with Gasteiger partial charge in [-0.3, -0.25) is 24.9 Å². The highest BCUT2D eigenvalue weighted by molar-refractivity contribution is 6.32. The molecule has 1 aliphatic rings. The number of aromatic nitrogens is 2. The Hall–Kier alpha value is -3.94. The summed E-state index contributed by atoms with van der Waals surface area (Å²) in [6.45, 7) is 6.70. The minimum absolute atomic E-state index is 0.0142. The molecule has 1 aliphatic carbocycles. The second-order valence-corrected chi connectivity index (χ2v) is 12.1. The van der Waals surface area contributed by atoms with Gasteiger partial charge in [-0.05, 0) is 63.4 Å². The number of carbonyl (C=O) groups is 2. The Morgan fingerprint density at radius 3 is 2.18 bits per heavy atom. The van der Waals surface area contributed by atoms with Crippen molar-refractivity contribution >= 4 is 29.1 Å². The van der Waals surface area contributed by atoms with E-state index >= 15 is 0 Å². The fourth-order valence-electron chi connectivity index (χ4n) is 4.71. The molecular weight excluding hydrogens is 586 g/mol. The molecule has 1 heterocycles. The molecular formula is C33H39ClF2N6O2. The molecule has 3 aromatic rings. The Morgan fingerprint density at radius 1 is 1.05 bits per heavy atom. The third-order valence-corrected chi connectivity index (χ3v) is 8.00. The van der Waals surface area contributed by atoms with Gasteiger partial charge in [-0.25, -0.2) is 4.98 Å². The SMILES string of the molecule is CC(=O)C(C)(F)F.CN(Cc1ccc(C(=O)NN(c2nc(C#N)ncc2Cl)C2CCCC2)cc1)C(C)(C)Cc1ccccc1. The molecule has 0 bridgehead atoms. The van der Waals surface area contributed by atoms with E-state index in [1.54, 1.807) is 5.01 Å². The first kappa shape index (κ1) is 34.5. The molecule has 234 valence electrons. The smallest absolute Gasteiger partial charge is 0.297 e. The van der Waals surface area contributed by atoms with E-state index in [-0.39, 0.29) is 23.3 Å². The fraction of sp³-hybridized carbons (Fsp3) is 0.424. The largest absolute Gasteiger partial charge is 0.302 e. The van der Waals surface area contributed by atoms with Crippen LogP contribution in [0.25, 0.3) is 0 Å². The minimum Gasteiger partial charge on any atom is -0.297 e. The van der Waals surface area contributed by atoms with Crippen molar-refractivity contribution in [1.82, 2.24) is 20.3 Å². The molecule has 1 saturated carbocycles. The van der Waals surface area contributed by atoms with Crippen LogP contribution in [-0.2, 0) is 17.8 Å². The number of nitriles is 1. The minimum atomic E-state index is -3.14. The highest BCUT2D eigenvalue weighted by Crippen LogP contribution is 2.30. The van der Waals surface area contributed by atoms with E-state index in [0.29, 0.717) is 23.3 Å². The number of amides is 1. The maximum absolute atomic E-state index is 13.2. The highest BCUT2D eigenvalue weighted by atomic mass is 35.5. The normalized spacial score (nSPS) is 13.5. The van der Waals surface area contributed by atoms with Crippen LogP contribution < -0.4 is 10.4 Å². The first-order valence-electron chi connectivity index (χ1n) is 14.5. The third kappa shape index (κ3) is 9.79. The van der Waals surface area contributed by atoms with Crippen LogP contribution >= 0.6 is 11.6 Å². The molecule has 0 radical (unpaired) electrons. The predicted molar refractivity (Wildman–Crippen MR) is 167 cm³/mol. The second-order valence-electron chi connectivity index (χ2n) is 11.7. The zero-order valence-electron chi connectivity index (χ0n) is 25.8. The van der Waals surface area contributed by atoms with Crippen LogP contribution in [0, 0.1) is 11.3 Å². The summed E-state index contributed by atoms with van der Waals surface area (Å²) >= 11 is 6.38. The molecule has 44 heavy (non-hydrogen) atoms. The number of alkyl halides is 2. The number of ketones is 1. The number of carbonyl (C=O) groups excluding carboxylic acids is 2. The van der Waals surface area contributed by atoms with Crippen LogP contribution in [0.15, 0.2) is 60.8 Å². The van der Waals surface area contributed by atoms with Crippen LogP contribution in [0.5, 0.6) is 0 Å². The van der Waals surface area contributed by atoms with Crippen LogP contribution in [0.3, 0.4) is 0 Å². The van der Waals surface area contributed by atoms with Gasteiger partial charge in [0.15, 0.2) is 11.6 Å². The average molecular weight is 625 g/mol. The standard InChI is InChI=1S/C29H33ClN6O.C4H6F2O/c1-29(2,17-21-9-5-4-6-10-21)35(3)20-22-13-15-23(16-14-22)28(37)34-36(24-11-7-8-12-24)27-25(30)19-32-26(18-31)33-27;1-3(7)4(2,5)6/h4-6,9-10,13-16,19,24H,7-8,11-12,17,20H2,1-3H3,(H,34,37);1-2H3. The maximum Gasteiger partial charge on any atom is 0.302 e. The number of nitrogens with one attached hydrogen (secondary N) is 1. The zero-order valence-corrected chi connectivity index (χ0v) is 26.5. The van der Waals surface area contributed by atoms with E-state index < -0.39 is 11.7 Å². The lowest BCUT2D eigenvalue weighted by molar-refractivity contribution is -0.138. The van der Waals surface area contributed by atoms with Gasteiger partial charge in [-0.2, -0.15) is 19.0 Å². The summed E-state index contributed by atoms with van der Waals surface area (Å²) in [4.78, 5) is 33.5. The summed E-state index contributed by atoms with van der Waals surface area (Å²) in [5.74, 6) is -4.11. The lowest BCUT2D eigenvalue weighted by Gasteiger charge is -2.36. The van der Waals surface area contributed by atoms with E-state index in [9.17, 15) is 23.6 Å². The summed E-state index contributed by atoms with van der Waals surface area (Å²) in [7, 11) is 2.13. The molecule has 2 aromatic carbocycles. The topological polar surface area (TPSA) is 102 Å². The number of halogens is 3. The zero-order chi connectivity index (χ0) is 32.5. The van der Waals surface area contributed by atoms with Crippen molar-refractivity contribution in [1.29, 1.82) is 5.26 Å². The Kier molecular flexibility index (Phi) is 11.9. The van der Waals surface area contributed by atoms with Gasteiger partial charge in [0.1, 0.15) is 11.1 Å². The highest BCUT2D eigenvalue weighted by Gasteiger charge is 2.29. The Bertz CT molecular complexity index is 1450. The first-order chi connectivity index (χ1) is 20.7. The number of hydrogen-bond acceptors (Lipinski definition) is 7. The number of anilines is 1. The van der Waals surface area contributed by atoms with Gasteiger partial charge in [0.25, 0.3) is 5.91 Å². The van der Waals surface area contributed by atoms with Crippen LogP contribution in [0.1, 0.15) is 80.7 Å². The van der Waals surface area contributed by atoms with Crippen molar-refractivity contribution < 1.29 is 18.4 Å². The van der Waals surface area contributed by atoms with E-state index in [0.717, 1.165) is 51.1 Å². The average Bonchev–Trinajstić information content (AvgIpc) is 3.52. The van der Waals surface area contributed by atoms with Crippen molar-refractivity contribution in [3.63, 3.8) is 0 Å². The monoisotopic (exact) mass is 624 g/mol. The van der Waals surface area contributed by atoms with Crippen LogP contribution in [0.2, 0.25) is 5.02 Å². The molecule has 0 aliphatic heterocycles. The lowest BCUT2D eigenvalue weighted by atomic mass is 9.93. The number of Topliss-reactive ketones (excluding diaryl/α,β-unsaturated/α-hetero) is 1. The van der Waals surface area contributed by atoms with Gasteiger partial charge in [0.2, 0.25) is 5.82 Å². The van der Waals surface area contributed by atoms with Gasteiger partial charge in [-0.15, -0.1) is 0 Å². The van der Waals surface area contributed by atoms with Gasteiger partial charge in [-0.1, -0.05) is 66.9 Å². The van der Waals surface area contributed by atoms with E-state index in [4.69, 9.17) is 11.6 Å². The van der Waals surface area contributed by atoms with Gasteiger partial charge in [0, 0.05) is 31.5 Å². The van der Waals surface area contributed by atoms with Crippen molar-refractivity contribution in [2.45, 2.75) is 83.8 Å². The molecule has 0 spiro atoms. The third-order valence-electron chi connectivity index (χ3n) is 7.73. The lowest BCUT2D eigenvalue weighted by Crippen LogP contribution is -2.48. The van der Waals surface area contributed by atoms with Crippen LogP contribution in [-0.4, -0.2) is 51.1 Å². The number of benzene rings is 2. The Labute approximate surface area is 263 Å². The fourth-order valence-corrected chi connectivity index (χ4v) is 4.90. The summed E-state index contributed by atoms with van der Waals surface area (Å²) in [6, 6.07) is 20.2. The molecule has 0 unspecified atom stereocenters. The predicted octanol–water partition coefficient (Wildman–Crippen LogP) is 6.78. The molecule has 0 saturated heterocycles. The number of hydrogen-bond donors (Lipinski definition) is 1. The molecule has 1 amide bonds. The van der Waals surface area contributed by atoms with E-state index in [1.807, 2.05) is 36.4 Å².